The monoisotopic (exact) mass is 535 g/mol. The highest BCUT2D eigenvalue weighted by molar-refractivity contribution is 6.30. The van der Waals surface area contributed by atoms with Crippen molar-refractivity contribution in [2.75, 3.05) is 11.9 Å². The highest BCUT2D eigenvalue weighted by Gasteiger charge is 2.24. The lowest BCUT2D eigenvalue weighted by atomic mass is 9.99. The van der Waals surface area contributed by atoms with Crippen LogP contribution in [-0.2, 0) is 9.63 Å². The van der Waals surface area contributed by atoms with E-state index in [1.165, 1.54) is 12.1 Å². The number of carbonyl (C=O) groups is 2. The Morgan fingerprint density at radius 2 is 1.84 bits per heavy atom. The Bertz CT molecular complexity index is 1360. The van der Waals surface area contributed by atoms with Gasteiger partial charge < -0.3 is 14.8 Å². The number of halogens is 2. The van der Waals surface area contributed by atoms with Gasteiger partial charge in [-0.3, -0.25) is 9.59 Å². The van der Waals surface area contributed by atoms with Crippen LogP contribution in [0.25, 0.3) is 0 Å². The molecule has 38 heavy (non-hydrogen) atoms. The Hall–Kier alpha value is -4.04. The number of anilines is 1. The fraction of sp³-hybridized carbons (Fsp3) is 0.241. The zero-order valence-electron chi connectivity index (χ0n) is 20.8. The van der Waals surface area contributed by atoms with Gasteiger partial charge in [0.15, 0.2) is 12.4 Å². The SMILES string of the molecule is CN(C(CCCCC(=O)O)=Nc1cc(C2=NOC(c3ccc(Cl)cc3)C2)ccc1C=O)c1ccc(F)cc1. The highest BCUT2D eigenvalue weighted by Crippen LogP contribution is 2.32. The third kappa shape index (κ3) is 6.83. The van der Waals surface area contributed by atoms with E-state index in [0.29, 0.717) is 53.5 Å². The van der Waals surface area contributed by atoms with Gasteiger partial charge in [-0.05, 0) is 66.9 Å². The van der Waals surface area contributed by atoms with Gasteiger partial charge in [0.05, 0.1) is 11.4 Å². The zero-order valence-corrected chi connectivity index (χ0v) is 21.6. The molecule has 0 fully saturated rings. The van der Waals surface area contributed by atoms with Crippen LogP contribution in [0.15, 0.2) is 76.9 Å². The minimum absolute atomic E-state index is 0.0528. The van der Waals surface area contributed by atoms with Crippen LogP contribution < -0.4 is 4.90 Å². The fourth-order valence-electron chi connectivity index (χ4n) is 4.13. The van der Waals surface area contributed by atoms with E-state index in [4.69, 9.17) is 26.5 Å². The maximum Gasteiger partial charge on any atom is 0.303 e. The molecule has 9 heteroatoms. The van der Waals surface area contributed by atoms with Crippen molar-refractivity contribution in [3.63, 3.8) is 0 Å². The van der Waals surface area contributed by atoms with Gasteiger partial charge in [0.2, 0.25) is 0 Å². The van der Waals surface area contributed by atoms with Gasteiger partial charge in [0, 0.05) is 48.1 Å². The highest BCUT2D eigenvalue weighted by atomic mass is 35.5. The Labute approximate surface area is 225 Å². The standard InChI is InChI=1S/C29H27ClFN3O4/c1-34(24-14-12-23(31)13-15-24)28(4-2-3-5-29(36)37)32-25-16-20(6-7-21(25)18-35)26-17-27(38-33-26)19-8-10-22(30)11-9-19/h6-16,18,27H,2-5,17H2,1H3,(H,36,37). The average molecular weight is 536 g/mol. The molecule has 3 aromatic carbocycles. The molecular formula is C29H27ClFN3O4. The molecule has 196 valence electrons. The molecule has 1 unspecified atom stereocenters. The molecule has 7 nitrogen and oxygen atoms in total. The summed E-state index contributed by atoms with van der Waals surface area (Å²) in [5.74, 6) is -0.594. The number of unbranched alkanes of at least 4 members (excludes halogenated alkanes) is 1. The molecule has 0 radical (unpaired) electrons. The number of carbonyl (C=O) groups excluding carboxylic acids is 1. The van der Waals surface area contributed by atoms with Crippen molar-refractivity contribution in [1.29, 1.82) is 0 Å². The second-order valence-electron chi connectivity index (χ2n) is 8.94. The van der Waals surface area contributed by atoms with Crippen molar-refractivity contribution in [2.24, 2.45) is 10.1 Å². The molecule has 0 bridgehead atoms. The molecule has 1 N–H and O–H groups in total. The number of carboxylic acid groups (broad SMARTS) is 1. The van der Waals surface area contributed by atoms with E-state index in [1.54, 1.807) is 43.4 Å². The van der Waals surface area contributed by atoms with Gasteiger partial charge in [-0.1, -0.05) is 35.0 Å². The van der Waals surface area contributed by atoms with Crippen molar-refractivity contribution in [2.45, 2.75) is 38.2 Å². The molecule has 1 aliphatic heterocycles. The summed E-state index contributed by atoms with van der Waals surface area (Å²) in [6.07, 6.45) is 2.62. The van der Waals surface area contributed by atoms with Crippen LogP contribution in [0.3, 0.4) is 0 Å². The Balaban J connectivity index is 1.61. The van der Waals surface area contributed by atoms with Crippen LogP contribution in [-0.4, -0.2) is 36.0 Å². The topological polar surface area (TPSA) is 91.6 Å². The number of benzene rings is 3. The maximum absolute atomic E-state index is 13.5. The van der Waals surface area contributed by atoms with Crippen molar-refractivity contribution in [3.05, 3.63) is 94.3 Å². The minimum atomic E-state index is -0.859. The van der Waals surface area contributed by atoms with Crippen LogP contribution in [0.5, 0.6) is 0 Å². The van der Waals surface area contributed by atoms with Crippen molar-refractivity contribution < 1.29 is 23.9 Å². The van der Waals surface area contributed by atoms with Gasteiger partial charge in [0.25, 0.3) is 0 Å². The predicted molar refractivity (Wildman–Crippen MR) is 146 cm³/mol. The molecular weight excluding hydrogens is 509 g/mol. The molecule has 1 heterocycles. The van der Waals surface area contributed by atoms with Gasteiger partial charge in [0.1, 0.15) is 11.7 Å². The van der Waals surface area contributed by atoms with Crippen molar-refractivity contribution >= 4 is 46.8 Å². The van der Waals surface area contributed by atoms with Gasteiger partial charge >= 0.3 is 5.97 Å². The fourth-order valence-corrected chi connectivity index (χ4v) is 4.26. The molecule has 0 spiro atoms. The van der Waals surface area contributed by atoms with Crippen LogP contribution in [0, 0.1) is 5.82 Å². The smallest absolute Gasteiger partial charge is 0.303 e. The third-order valence-electron chi connectivity index (χ3n) is 6.29. The summed E-state index contributed by atoms with van der Waals surface area (Å²) in [4.78, 5) is 35.1. The maximum atomic E-state index is 13.5. The lowest BCUT2D eigenvalue weighted by Gasteiger charge is -2.22. The first-order valence-corrected chi connectivity index (χ1v) is 12.6. The van der Waals surface area contributed by atoms with Gasteiger partial charge in [-0.15, -0.1) is 0 Å². The second-order valence-corrected chi connectivity index (χ2v) is 9.38. The van der Waals surface area contributed by atoms with E-state index in [9.17, 15) is 14.0 Å². The summed E-state index contributed by atoms with van der Waals surface area (Å²) >= 11 is 6.00. The van der Waals surface area contributed by atoms with E-state index < -0.39 is 5.97 Å². The number of aliphatic carboxylic acids is 1. The molecule has 3 aromatic rings. The summed E-state index contributed by atoms with van der Waals surface area (Å²) in [5.41, 5.74) is 4.04. The third-order valence-corrected chi connectivity index (χ3v) is 6.54. The molecule has 0 aliphatic carbocycles. The number of hydrogen-bond acceptors (Lipinski definition) is 5. The van der Waals surface area contributed by atoms with Crippen LogP contribution in [0.2, 0.25) is 5.02 Å². The first-order chi connectivity index (χ1) is 18.3. The number of aldehydes is 1. The molecule has 0 amide bonds. The number of aliphatic imine (C=N–C) groups is 1. The molecule has 0 saturated heterocycles. The molecule has 0 saturated carbocycles. The normalized spacial score (nSPS) is 15.1. The van der Waals surface area contributed by atoms with E-state index in [1.807, 2.05) is 23.1 Å². The summed E-state index contributed by atoms with van der Waals surface area (Å²) < 4.78 is 13.5. The number of hydrogen-bond donors (Lipinski definition) is 1. The number of amidine groups is 1. The summed E-state index contributed by atoms with van der Waals surface area (Å²) in [5, 5.41) is 13.9. The summed E-state index contributed by atoms with van der Waals surface area (Å²) in [6, 6.07) is 18.7. The molecule has 4 rings (SSSR count). The quantitative estimate of drug-likeness (QED) is 0.131. The Morgan fingerprint density at radius 1 is 1.13 bits per heavy atom. The van der Waals surface area contributed by atoms with Crippen molar-refractivity contribution in [1.82, 2.24) is 0 Å². The molecule has 1 aliphatic rings. The Kier molecular flexibility index (Phi) is 8.86. The number of rotatable bonds is 10. The van der Waals surface area contributed by atoms with Crippen LogP contribution in [0.1, 0.15) is 59.7 Å². The van der Waals surface area contributed by atoms with Crippen molar-refractivity contribution in [3.8, 4) is 0 Å². The first-order valence-electron chi connectivity index (χ1n) is 12.2. The Morgan fingerprint density at radius 3 is 2.53 bits per heavy atom. The predicted octanol–water partition coefficient (Wildman–Crippen LogP) is 6.97. The lowest BCUT2D eigenvalue weighted by molar-refractivity contribution is -0.137. The second kappa shape index (κ2) is 12.5. The number of nitrogens with zero attached hydrogens (tertiary/aromatic N) is 3. The lowest BCUT2D eigenvalue weighted by Crippen LogP contribution is -2.26. The number of carboxylic acids is 1. The first kappa shape index (κ1) is 27.0. The van der Waals surface area contributed by atoms with E-state index in [0.717, 1.165) is 23.1 Å². The van der Waals surface area contributed by atoms with Gasteiger partial charge in [-0.25, -0.2) is 9.38 Å². The zero-order chi connectivity index (χ0) is 27.1. The van der Waals surface area contributed by atoms with E-state index >= 15 is 0 Å². The number of oxime groups is 1. The molecule has 0 aromatic heterocycles. The summed E-state index contributed by atoms with van der Waals surface area (Å²) in [7, 11) is 1.80. The minimum Gasteiger partial charge on any atom is -0.481 e. The van der Waals surface area contributed by atoms with Crippen LogP contribution in [0.4, 0.5) is 15.8 Å². The molecule has 1 atom stereocenters. The van der Waals surface area contributed by atoms with E-state index in [2.05, 4.69) is 5.16 Å². The van der Waals surface area contributed by atoms with Crippen LogP contribution >= 0.6 is 11.6 Å². The average Bonchev–Trinajstić information content (AvgIpc) is 3.41. The summed E-state index contributed by atoms with van der Waals surface area (Å²) in [6.45, 7) is 0. The van der Waals surface area contributed by atoms with Gasteiger partial charge in [-0.2, -0.15) is 0 Å². The van der Waals surface area contributed by atoms with E-state index in [-0.39, 0.29) is 18.3 Å². The largest absolute Gasteiger partial charge is 0.481 e.